The highest BCUT2D eigenvalue weighted by Gasteiger charge is 2.06. The van der Waals surface area contributed by atoms with Gasteiger partial charge >= 0.3 is 0 Å². The zero-order valence-corrected chi connectivity index (χ0v) is 8.67. The second-order valence-electron chi connectivity index (χ2n) is 3.02. The fourth-order valence-corrected chi connectivity index (χ4v) is 1.35. The molecule has 3 heteroatoms. The lowest BCUT2D eigenvalue weighted by atomic mass is 10.1. The normalized spacial score (nSPS) is 12.4. The fraction of sp³-hybridized carbons (Fsp3) is 0.273. The van der Waals surface area contributed by atoms with Crippen molar-refractivity contribution < 1.29 is 5.11 Å². The number of aliphatic hydroxyl groups excluding tert-OH is 1. The van der Waals surface area contributed by atoms with Crippen LogP contribution in [0.1, 0.15) is 11.7 Å². The van der Waals surface area contributed by atoms with Gasteiger partial charge in [0.15, 0.2) is 0 Å². The largest absolute Gasteiger partial charge is 0.387 e. The van der Waals surface area contributed by atoms with Crippen molar-refractivity contribution in [3.63, 3.8) is 0 Å². The van der Waals surface area contributed by atoms with E-state index < -0.39 is 6.10 Å². The van der Waals surface area contributed by atoms with E-state index in [0.717, 1.165) is 5.56 Å². The smallest absolute Gasteiger partial charge is 0.0915 e. The quantitative estimate of drug-likeness (QED) is 0.578. The average Bonchev–Trinajstić information content (AvgIpc) is 2.18. The zero-order chi connectivity index (χ0) is 10.4. The van der Waals surface area contributed by atoms with Gasteiger partial charge in [0.25, 0.3) is 0 Å². The number of nitrogens with one attached hydrogen (secondary N) is 1. The topological polar surface area (TPSA) is 32.3 Å². The zero-order valence-electron chi connectivity index (χ0n) is 7.91. The number of hydrogen-bond acceptors (Lipinski definition) is 2. The molecule has 0 radical (unpaired) electrons. The minimum Gasteiger partial charge on any atom is -0.387 e. The monoisotopic (exact) mass is 211 g/mol. The minimum absolute atomic E-state index is 0.506. The van der Waals surface area contributed by atoms with Crippen LogP contribution in [0.4, 0.5) is 0 Å². The summed E-state index contributed by atoms with van der Waals surface area (Å²) in [5.74, 6) is 0. The Balaban J connectivity index is 2.51. The third kappa shape index (κ3) is 3.50. The van der Waals surface area contributed by atoms with Gasteiger partial charge in [-0.25, -0.2) is 0 Å². The molecule has 0 heterocycles. The molecule has 76 valence electrons. The molecule has 0 bridgehead atoms. The Labute approximate surface area is 89.2 Å². The molecular formula is C11H14ClNO. The van der Waals surface area contributed by atoms with Crippen LogP contribution in [-0.2, 0) is 0 Å². The first-order valence-corrected chi connectivity index (χ1v) is 4.87. The van der Waals surface area contributed by atoms with Crippen molar-refractivity contribution in [2.24, 2.45) is 0 Å². The Kier molecular flexibility index (Phi) is 4.66. The summed E-state index contributed by atoms with van der Waals surface area (Å²) in [5.41, 5.74) is 0.828. The van der Waals surface area contributed by atoms with Crippen molar-refractivity contribution in [2.45, 2.75) is 6.10 Å². The van der Waals surface area contributed by atoms with Crippen LogP contribution in [-0.4, -0.2) is 18.2 Å². The molecule has 14 heavy (non-hydrogen) atoms. The number of rotatable bonds is 5. The van der Waals surface area contributed by atoms with Crippen LogP contribution in [0.2, 0.25) is 5.02 Å². The molecular weight excluding hydrogens is 198 g/mol. The van der Waals surface area contributed by atoms with Gasteiger partial charge in [-0.15, -0.1) is 6.58 Å². The predicted molar refractivity (Wildman–Crippen MR) is 59.5 cm³/mol. The van der Waals surface area contributed by atoms with E-state index in [0.29, 0.717) is 18.1 Å². The summed E-state index contributed by atoms with van der Waals surface area (Å²) in [5, 5.41) is 13.4. The van der Waals surface area contributed by atoms with Gasteiger partial charge < -0.3 is 10.4 Å². The van der Waals surface area contributed by atoms with Gasteiger partial charge in [-0.05, 0) is 17.7 Å². The number of hydrogen-bond donors (Lipinski definition) is 2. The Morgan fingerprint density at radius 2 is 2.36 bits per heavy atom. The van der Waals surface area contributed by atoms with Gasteiger partial charge in [0.2, 0.25) is 0 Å². The summed E-state index contributed by atoms with van der Waals surface area (Å²) < 4.78 is 0. The molecule has 0 saturated carbocycles. The molecule has 0 fully saturated rings. The van der Waals surface area contributed by atoms with E-state index in [1.165, 1.54) is 0 Å². The Bertz CT molecular complexity index is 301. The maximum absolute atomic E-state index is 9.72. The lowest BCUT2D eigenvalue weighted by Gasteiger charge is -2.11. The van der Waals surface area contributed by atoms with Crippen molar-refractivity contribution in [3.8, 4) is 0 Å². The summed E-state index contributed by atoms with van der Waals surface area (Å²) in [6, 6.07) is 7.23. The molecule has 0 aliphatic carbocycles. The molecule has 0 aromatic heterocycles. The molecule has 0 spiro atoms. The average molecular weight is 212 g/mol. The van der Waals surface area contributed by atoms with Crippen molar-refractivity contribution in [1.82, 2.24) is 5.32 Å². The van der Waals surface area contributed by atoms with E-state index in [1.807, 2.05) is 12.1 Å². The predicted octanol–water partition coefficient (Wildman–Crippen LogP) is 2.15. The molecule has 0 aliphatic heterocycles. The van der Waals surface area contributed by atoms with Gasteiger partial charge in [-0.1, -0.05) is 29.8 Å². The SMILES string of the molecule is C=CCNCC(O)c1cccc(Cl)c1. The van der Waals surface area contributed by atoms with E-state index in [1.54, 1.807) is 18.2 Å². The maximum Gasteiger partial charge on any atom is 0.0915 e. The van der Waals surface area contributed by atoms with Crippen LogP contribution in [0.25, 0.3) is 0 Å². The van der Waals surface area contributed by atoms with Crippen LogP contribution >= 0.6 is 11.6 Å². The number of benzene rings is 1. The van der Waals surface area contributed by atoms with Gasteiger partial charge in [-0.2, -0.15) is 0 Å². The van der Waals surface area contributed by atoms with Crippen molar-refractivity contribution in [1.29, 1.82) is 0 Å². The Morgan fingerprint density at radius 1 is 1.57 bits per heavy atom. The Hall–Kier alpha value is -0.830. The van der Waals surface area contributed by atoms with Crippen LogP contribution in [0, 0.1) is 0 Å². The van der Waals surface area contributed by atoms with E-state index in [9.17, 15) is 5.11 Å². The molecule has 1 rings (SSSR count). The van der Waals surface area contributed by atoms with Crippen molar-refractivity contribution >= 4 is 11.6 Å². The fourth-order valence-electron chi connectivity index (χ4n) is 1.15. The molecule has 0 saturated heterocycles. The van der Waals surface area contributed by atoms with Gasteiger partial charge in [0.05, 0.1) is 6.10 Å². The third-order valence-electron chi connectivity index (χ3n) is 1.86. The highest BCUT2D eigenvalue weighted by atomic mass is 35.5. The molecule has 1 unspecified atom stereocenters. The van der Waals surface area contributed by atoms with Gasteiger partial charge in [-0.3, -0.25) is 0 Å². The highest BCUT2D eigenvalue weighted by Crippen LogP contribution is 2.16. The van der Waals surface area contributed by atoms with Crippen LogP contribution in [0.5, 0.6) is 0 Å². The first-order valence-electron chi connectivity index (χ1n) is 4.49. The van der Waals surface area contributed by atoms with Crippen molar-refractivity contribution in [2.75, 3.05) is 13.1 Å². The lowest BCUT2D eigenvalue weighted by Crippen LogP contribution is -2.21. The third-order valence-corrected chi connectivity index (χ3v) is 2.09. The molecule has 2 N–H and O–H groups in total. The molecule has 1 aromatic rings. The summed E-state index contributed by atoms with van der Waals surface area (Å²) >= 11 is 5.80. The standard InChI is InChI=1S/C11H14ClNO/c1-2-6-13-8-11(14)9-4-3-5-10(12)7-9/h2-5,7,11,13-14H,1,6,8H2. The molecule has 1 atom stereocenters. The first-order chi connectivity index (χ1) is 6.74. The summed E-state index contributed by atoms with van der Waals surface area (Å²) in [7, 11) is 0. The van der Waals surface area contributed by atoms with E-state index in [2.05, 4.69) is 11.9 Å². The molecule has 0 amide bonds. The summed E-state index contributed by atoms with van der Waals surface area (Å²) in [6.07, 6.45) is 1.23. The van der Waals surface area contributed by atoms with Gasteiger partial charge in [0, 0.05) is 18.1 Å². The van der Waals surface area contributed by atoms with Crippen LogP contribution in [0.3, 0.4) is 0 Å². The van der Waals surface area contributed by atoms with E-state index in [4.69, 9.17) is 11.6 Å². The maximum atomic E-state index is 9.72. The molecule has 0 aliphatic rings. The van der Waals surface area contributed by atoms with E-state index in [-0.39, 0.29) is 0 Å². The second-order valence-corrected chi connectivity index (χ2v) is 3.45. The van der Waals surface area contributed by atoms with Crippen LogP contribution in [0.15, 0.2) is 36.9 Å². The lowest BCUT2D eigenvalue weighted by molar-refractivity contribution is 0.176. The molecule has 2 nitrogen and oxygen atoms in total. The number of halogens is 1. The van der Waals surface area contributed by atoms with Gasteiger partial charge in [0.1, 0.15) is 0 Å². The first kappa shape index (κ1) is 11.2. The highest BCUT2D eigenvalue weighted by molar-refractivity contribution is 6.30. The Morgan fingerprint density at radius 3 is 3.00 bits per heavy atom. The summed E-state index contributed by atoms with van der Waals surface area (Å²) in [4.78, 5) is 0. The number of aliphatic hydroxyl groups is 1. The van der Waals surface area contributed by atoms with Crippen LogP contribution < -0.4 is 5.32 Å². The molecule has 1 aromatic carbocycles. The summed E-state index contributed by atoms with van der Waals surface area (Å²) in [6.45, 7) is 4.78. The van der Waals surface area contributed by atoms with E-state index >= 15 is 0 Å². The second kappa shape index (κ2) is 5.81. The van der Waals surface area contributed by atoms with Crippen molar-refractivity contribution in [3.05, 3.63) is 47.5 Å². The minimum atomic E-state index is -0.520.